The van der Waals surface area contributed by atoms with Crippen LogP contribution in [-0.2, 0) is 0 Å². The zero-order valence-electron chi connectivity index (χ0n) is 6.45. The van der Waals surface area contributed by atoms with Crippen LogP contribution in [0.25, 0.3) is 0 Å². The quantitative estimate of drug-likeness (QED) is 0.710. The molecule has 11 heavy (non-hydrogen) atoms. The molecule has 62 valence electrons. The van der Waals surface area contributed by atoms with Gasteiger partial charge in [-0.1, -0.05) is 0 Å². The highest BCUT2D eigenvalue weighted by Crippen LogP contribution is 2.21. The summed E-state index contributed by atoms with van der Waals surface area (Å²) in [6.45, 7) is 2.43. The fourth-order valence-electron chi connectivity index (χ4n) is 0.832. The van der Waals surface area contributed by atoms with E-state index < -0.39 is 6.10 Å². The fraction of sp³-hybridized carbons (Fsp3) is 0.571. The van der Waals surface area contributed by atoms with Gasteiger partial charge in [0, 0.05) is 6.20 Å². The average Bonchev–Trinajstić information content (AvgIpc) is 2.36. The maximum absolute atomic E-state index is 9.42. The molecule has 0 amide bonds. The minimum absolute atomic E-state index is 0.425. The summed E-state index contributed by atoms with van der Waals surface area (Å²) in [4.78, 5) is 4.95. The number of aryl methyl sites for hydroxylation is 1. The molecule has 0 bridgehead atoms. The molecule has 0 fully saturated rings. The number of hydrogen-bond donors (Lipinski definition) is 2. The van der Waals surface area contributed by atoms with Gasteiger partial charge in [0.05, 0.1) is 16.0 Å². The predicted molar refractivity (Wildman–Crippen MR) is 45.5 cm³/mol. The molecule has 3 nitrogen and oxygen atoms in total. The van der Waals surface area contributed by atoms with Crippen LogP contribution in [-0.4, -0.2) is 16.6 Å². The summed E-state index contributed by atoms with van der Waals surface area (Å²) < 4.78 is 0. The number of rotatable bonds is 3. The Morgan fingerprint density at radius 2 is 2.55 bits per heavy atom. The average molecular weight is 172 g/mol. The van der Waals surface area contributed by atoms with Crippen molar-refractivity contribution in [1.82, 2.24) is 4.98 Å². The molecule has 0 aliphatic rings. The van der Waals surface area contributed by atoms with Gasteiger partial charge in [0.1, 0.15) is 0 Å². The maximum atomic E-state index is 9.42. The molecule has 4 heteroatoms. The lowest BCUT2D eigenvalue weighted by Crippen LogP contribution is -2.05. The minimum atomic E-state index is -0.425. The lowest BCUT2D eigenvalue weighted by atomic mass is 10.2. The molecule has 1 rings (SSSR count). The molecule has 0 spiro atoms. The van der Waals surface area contributed by atoms with Gasteiger partial charge in [-0.25, -0.2) is 4.98 Å². The smallest absolute Gasteiger partial charge is 0.0910 e. The van der Waals surface area contributed by atoms with Gasteiger partial charge < -0.3 is 10.8 Å². The van der Waals surface area contributed by atoms with Crippen molar-refractivity contribution in [2.75, 3.05) is 6.54 Å². The first-order valence-corrected chi connectivity index (χ1v) is 4.36. The van der Waals surface area contributed by atoms with E-state index in [-0.39, 0.29) is 0 Å². The van der Waals surface area contributed by atoms with Crippen molar-refractivity contribution in [3.8, 4) is 0 Å². The molecule has 1 unspecified atom stereocenters. The number of thiazole rings is 1. The number of aromatic nitrogens is 1. The molecule has 0 aliphatic heterocycles. The first-order valence-electron chi connectivity index (χ1n) is 3.54. The monoisotopic (exact) mass is 172 g/mol. The fourth-order valence-corrected chi connectivity index (χ4v) is 1.64. The van der Waals surface area contributed by atoms with Gasteiger partial charge in [0.25, 0.3) is 0 Å². The zero-order chi connectivity index (χ0) is 8.27. The predicted octanol–water partition coefficient (Wildman–Crippen LogP) is 0.834. The third kappa shape index (κ3) is 2.25. The van der Waals surface area contributed by atoms with E-state index >= 15 is 0 Å². The Balaban J connectivity index is 2.60. The normalized spacial score (nSPS) is 13.4. The molecule has 0 aromatic carbocycles. The standard InChI is InChI=1S/C7H12N2OS/c1-5-9-4-7(11-5)6(10)2-3-8/h4,6,10H,2-3,8H2,1H3. The van der Waals surface area contributed by atoms with Crippen LogP contribution in [0.3, 0.4) is 0 Å². The van der Waals surface area contributed by atoms with E-state index in [2.05, 4.69) is 4.98 Å². The molecule has 1 atom stereocenters. The Kier molecular flexibility index (Phi) is 2.99. The van der Waals surface area contributed by atoms with Crippen molar-refractivity contribution in [3.63, 3.8) is 0 Å². The van der Waals surface area contributed by atoms with Crippen molar-refractivity contribution in [2.24, 2.45) is 5.73 Å². The van der Waals surface area contributed by atoms with Crippen molar-refractivity contribution < 1.29 is 5.11 Å². The van der Waals surface area contributed by atoms with Gasteiger partial charge in [0.15, 0.2) is 0 Å². The van der Waals surface area contributed by atoms with Gasteiger partial charge in [-0.15, -0.1) is 11.3 Å². The van der Waals surface area contributed by atoms with Crippen LogP contribution >= 0.6 is 11.3 Å². The first kappa shape index (κ1) is 8.64. The SMILES string of the molecule is Cc1ncc(C(O)CCN)s1. The number of nitrogens with two attached hydrogens (primary N) is 1. The van der Waals surface area contributed by atoms with Crippen molar-refractivity contribution >= 4 is 11.3 Å². The van der Waals surface area contributed by atoms with E-state index in [1.807, 2.05) is 6.92 Å². The summed E-state index contributed by atoms with van der Waals surface area (Å²) in [5.74, 6) is 0. The molecule has 0 radical (unpaired) electrons. The summed E-state index contributed by atoms with van der Waals surface area (Å²) >= 11 is 1.52. The molecule has 1 aromatic rings. The van der Waals surface area contributed by atoms with Gasteiger partial charge in [-0.2, -0.15) is 0 Å². The van der Waals surface area contributed by atoms with Crippen LogP contribution in [0.15, 0.2) is 6.20 Å². The minimum Gasteiger partial charge on any atom is -0.387 e. The van der Waals surface area contributed by atoms with Crippen LogP contribution < -0.4 is 5.73 Å². The van der Waals surface area contributed by atoms with Crippen LogP contribution in [0.5, 0.6) is 0 Å². The Morgan fingerprint density at radius 1 is 1.82 bits per heavy atom. The van der Waals surface area contributed by atoms with E-state index in [1.165, 1.54) is 11.3 Å². The van der Waals surface area contributed by atoms with E-state index in [0.29, 0.717) is 13.0 Å². The second-order valence-corrected chi connectivity index (χ2v) is 3.64. The molecule has 0 saturated carbocycles. The van der Waals surface area contributed by atoms with E-state index in [1.54, 1.807) is 6.20 Å². The second kappa shape index (κ2) is 3.80. The summed E-state index contributed by atoms with van der Waals surface area (Å²) in [6, 6.07) is 0. The summed E-state index contributed by atoms with van der Waals surface area (Å²) in [5, 5.41) is 10.4. The number of hydrogen-bond acceptors (Lipinski definition) is 4. The van der Waals surface area contributed by atoms with Crippen LogP contribution in [0.1, 0.15) is 22.4 Å². The molecule has 1 aromatic heterocycles. The Labute approximate surface area is 69.9 Å². The van der Waals surface area contributed by atoms with Crippen molar-refractivity contribution in [2.45, 2.75) is 19.4 Å². The third-order valence-electron chi connectivity index (χ3n) is 1.41. The van der Waals surface area contributed by atoms with Gasteiger partial charge in [-0.3, -0.25) is 0 Å². The topological polar surface area (TPSA) is 59.1 Å². The highest BCUT2D eigenvalue weighted by atomic mass is 32.1. The van der Waals surface area contributed by atoms with Crippen LogP contribution in [0, 0.1) is 6.92 Å². The summed E-state index contributed by atoms with van der Waals surface area (Å²) in [6.07, 6.45) is 1.90. The first-order chi connectivity index (χ1) is 5.24. The zero-order valence-corrected chi connectivity index (χ0v) is 7.27. The van der Waals surface area contributed by atoms with E-state index in [9.17, 15) is 5.11 Å². The highest BCUT2D eigenvalue weighted by Gasteiger charge is 2.08. The molecule has 0 saturated heterocycles. The lowest BCUT2D eigenvalue weighted by Gasteiger charge is -2.03. The third-order valence-corrected chi connectivity index (χ3v) is 2.42. The van der Waals surface area contributed by atoms with Crippen molar-refractivity contribution in [1.29, 1.82) is 0 Å². The molecular weight excluding hydrogens is 160 g/mol. The Hall–Kier alpha value is -0.450. The molecular formula is C7H12N2OS. The summed E-state index contributed by atoms with van der Waals surface area (Å²) in [7, 11) is 0. The van der Waals surface area contributed by atoms with E-state index in [4.69, 9.17) is 5.73 Å². The summed E-state index contributed by atoms with van der Waals surface area (Å²) in [5.41, 5.74) is 5.30. The van der Waals surface area contributed by atoms with Crippen LogP contribution in [0.2, 0.25) is 0 Å². The maximum Gasteiger partial charge on any atom is 0.0910 e. The lowest BCUT2D eigenvalue weighted by molar-refractivity contribution is 0.174. The highest BCUT2D eigenvalue weighted by molar-refractivity contribution is 7.11. The number of nitrogens with zero attached hydrogens (tertiary/aromatic N) is 1. The van der Waals surface area contributed by atoms with Crippen LogP contribution in [0.4, 0.5) is 0 Å². The second-order valence-electron chi connectivity index (χ2n) is 2.37. The van der Waals surface area contributed by atoms with Gasteiger partial charge in [0.2, 0.25) is 0 Å². The number of aliphatic hydroxyl groups excluding tert-OH is 1. The van der Waals surface area contributed by atoms with Gasteiger partial charge >= 0.3 is 0 Å². The Morgan fingerprint density at radius 3 is 3.00 bits per heavy atom. The Bertz CT molecular complexity index is 224. The van der Waals surface area contributed by atoms with Gasteiger partial charge in [-0.05, 0) is 19.9 Å². The largest absolute Gasteiger partial charge is 0.387 e. The molecule has 1 heterocycles. The molecule has 0 aliphatic carbocycles. The molecule has 3 N–H and O–H groups in total. The van der Waals surface area contributed by atoms with Crippen molar-refractivity contribution in [3.05, 3.63) is 16.1 Å². The van der Waals surface area contributed by atoms with E-state index in [0.717, 1.165) is 9.88 Å². The number of aliphatic hydroxyl groups is 1.